The van der Waals surface area contributed by atoms with Gasteiger partial charge in [-0.2, -0.15) is 0 Å². The molecule has 96 valence electrons. The van der Waals surface area contributed by atoms with Gasteiger partial charge >= 0.3 is 5.97 Å². The third kappa shape index (κ3) is 3.28. The molecular formula is C13H9IN2O3. The van der Waals surface area contributed by atoms with E-state index >= 15 is 0 Å². The van der Waals surface area contributed by atoms with E-state index in [1.165, 1.54) is 18.3 Å². The highest BCUT2D eigenvalue weighted by Crippen LogP contribution is 2.14. The van der Waals surface area contributed by atoms with Crippen LogP contribution in [0, 0.1) is 3.57 Å². The molecule has 6 heteroatoms. The monoisotopic (exact) mass is 368 g/mol. The van der Waals surface area contributed by atoms with Gasteiger partial charge in [0.25, 0.3) is 5.91 Å². The van der Waals surface area contributed by atoms with Gasteiger partial charge in [-0.05, 0) is 46.9 Å². The first-order chi connectivity index (χ1) is 9.08. The normalized spacial score (nSPS) is 9.95. The summed E-state index contributed by atoms with van der Waals surface area (Å²) in [6.07, 6.45) is 1.34. The zero-order valence-electron chi connectivity index (χ0n) is 9.63. The van der Waals surface area contributed by atoms with E-state index in [1.54, 1.807) is 12.1 Å². The second-order valence-corrected chi connectivity index (χ2v) is 4.83. The van der Waals surface area contributed by atoms with Gasteiger partial charge in [-0.15, -0.1) is 0 Å². The molecule has 1 aromatic heterocycles. The first-order valence-electron chi connectivity index (χ1n) is 5.33. The third-order valence-electron chi connectivity index (χ3n) is 2.37. The van der Waals surface area contributed by atoms with Gasteiger partial charge in [0.2, 0.25) is 0 Å². The van der Waals surface area contributed by atoms with E-state index in [9.17, 15) is 9.59 Å². The first-order valence-corrected chi connectivity index (χ1v) is 6.41. The second-order valence-electron chi connectivity index (χ2n) is 3.67. The number of aromatic nitrogens is 1. The van der Waals surface area contributed by atoms with Crippen LogP contribution >= 0.6 is 22.6 Å². The van der Waals surface area contributed by atoms with Gasteiger partial charge in [0.05, 0.1) is 11.1 Å². The summed E-state index contributed by atoms with van der Waals surface area (Å²) in [5.74, 6) is -1.17. The number of anilines is 1. The summed E-state index contributed by atoms with van der Waals surface area (Å²) in [5, 5.41) is 11.4. The van der Waals surface area contributed by atoms with E-state index < -0.39 is 5.97 Å². The van der Waals surface area contributed by atoms with Crippen molar-refractivity contribution in [1.29, 1.82) is 0 Å². The molecule has 2 aromatic rings. The molecule has 5 nitrogen and oxygen atoms in total. The lowest BCUT2D eigenvalue weighted by Gasteiger charge is -2.06. The van der Waals surface area contributed by atoms with Gasteiger partial charge in [0, 0.05) is 9.77 Å². The Hall–Kier alpha value is -1.96. The molecule has 0 saturated carbocycles. The summed E-state index contributed by atoms with van der Waals surface area (Å²) >= 11 is 2.06. The number of hydrogen-bond donors (Lipinski definition) is 2. The maximum Gasteiger partial charge on any atom is 0.335 e. The maximum absolute atomic E-state index is 12.0. The van der Waals surface area contributed by atoms with Crippen LogP contribution in [0.2, 0.25) is 0 Å². The van der Waals surface area contributed by atoms with Gasteiger partial charge < -0.3 is 10.4 Å². The van der Waals surface area contributed by atoms with E-state index in [0.29, 0.717) is 5.56 Å². The molecule has 19 heavy (non-hydrogen) atoms. The Balaban J connectivity index is 2.22. The number of rotatable bonds is 3. The average Bonchev–Trinajstić information content (AvgIpc) is 2.39. The fourth-order valence-corrected chi connectivity index (χ4v) is 2.09. The fraction of sp³-hybridized carbons (Fsp3) is 0. The maximum atomic E-state index is 12.0. The van der Waals surface area contributed by atoms with Crippen LogP contribution in [-0.2, 0) is 0 Å². The van der Waals surface area contributed by atoms with Crippen LogP contribution in [0.15, 0.2) is 42.6 Å². The number of hydrogen-bond acceptors (Lipinski definition) is 3. The second kappa shape index (κ2) is 5.79. The molecule has 0 aliphatic heterocycles. The zero-order chi connectivity index (χ0) is 13.8. The summed E-state index contributed by atoms with van der Waals surface area (Å²) in [6, 6.07) is 9.79. The number of carboxylic acid groups (broad SMARTS) is 1. The van der Waals surface area contributed by atoms with Crippen LogP contribution in [0.4, 0.5) is 5.82 Å². The van der Waals surface area contributed by atoms with Gasteiger partial charge in [0.1, 0.15) is 5.82 Å². The Bertz CT molecular complexity index is 643. The van der Waals surface area contributed by atoms with Crippen LogP contribution in [0.3, 0.4) is 0 Å². The summed E-state index contributed by atoms with van der Waals surface area (Å²) < 4.78 is 0.812. The molecule has 0 aliphatic rings. The Morgan fingerprint density at radius 2 is 1.95 bits per heavy atom. The lowest BCUT2D eigenvalue weighted by atomic mass is 10.2. The number of amides is 1. The van der Waals surface area contributed by atoms with Crippen LogP contribution in [0.25, 0.3) is 0 Å². The molecule has 0 fully saturated rings. The summed E-state index contributed by atoms with van der Waals surface area (Å²) in [6.45, 7) is 0. The van der Waals surface area contributed by atoms with Crippen LogP contribution < -0.4 is 5.32 Å². The largest absolute Gasteiger partial charge is 0.478 e. The summed E-state index contributed by atoms with van der Waals surface area (Å²) in [7, 11) is 0. The average molecular weight is 368 g/mol. The number of nitrogens with one attached hydrogen (secondary N) is 1. The van der Waals surface area contributed by atoms with Crippen molar-refractivity contribution in [3.8, 4) is 0 Å². The van der Waals surface area contributed by atoms with E-state index in [1.807, 2.05) is 12.1 Å². The predicted molar refractivity (Wildman–Crippen MR) is 78.3 cm³/mol. The lowest BCUT2D eigenvalue weighted by Crippen LogP contribution is -2.14. The molecule has 0 unspecified atom stereocenters. The van der Waals surface area contributed by atoms with Gasteiger partial charge in [0.15, 0.2) is 0 Å². The molecule has 2 rings (SSSR count). The van der Waals surface area contributed by atoms with E-state index in [0.717, 1.165) is 3.57 Å². The molecule has 0 spiro atoms. The molecule has 0 bridgehead atoms. The smallest absolute Gasteiger partial charge is 0.335 e. The van der Waals surface area contributed by atoms with Crippen molar-refractivity contribution in [2.45, 2.75) is 0 Å². The molecular weight excluding hydrogens is 359 g/mol. The van der Waals surface area contributed by atoms with E-state index in [2.05, 4.69) is 32.9 Å². The summed E-state index contributed by atoms with van der Waals surface area (Å²) in [5.41, 5.74) is 0.596. The summed E-state index contributed by atoms with van der Waals surface area (Å²) in [4.78, 5) is 26.8. The van der Waals surface area contributed by atoms with Crippen molar-refractivity contribution < 1.29 is 14.7 Å². The van der Waals surface area contributed by atoms with Crippen molar-refractivity contribution in [2.75, 3.05) is 5.32 Å². The molecule has 1 aromatic carbocycles. The number of nitrogens with zero attached hydrogens (tertiary/aromatic N) is 1. The van der Waals surface area contributed by atoms with E-state index in [-0.39, 0.29) is 17.3 Å². The molecule has 0 radical (unpaired) electrons. The van der Waals surface area contributed by atoms with Crippen LogP contribution in [-0.4, -0.2) is 22.0 Å². The zero-order valence-corrected chi connectivity index (χ0v) is 11.8. The minimum absolute atomic E-state index is 0.0769. The van der Waals surface area contributed by atoms with Crippen molar-refractivity contribution in [3.63, 3.8) is 0 Å². The molecule has 1 heterocycles. The Labute approximate surface area is 122 Å². The lowest BCUT2D eigenvalue weighted by molar-refractivity contribution is 0.0696. The first kappa shape index (κ1) is 13.5. The van der Waals surface area contributed by atoms with Gasteiger partial charge in [-0.25, -0.2) is 9.78 Å². The number of benzene rings is 1. The van der Waals surface area contributed by atoms with E-state index in [4.69, 9.17) is 5.11 Å². The highest BCUT2D eigenvalue weighted by molar-refractivity contribution is 14.1. The van der Waals surface area contributed by atoms with Crippen molar-refractivity contribution >= 4 is 40.3 Å². The van der Waals surface area contributed by atoms with Crippen molar-refractivity contribution in [1.82, 2.24) is 4.98 Å². The minimum Gasteiger partial charge on any atom is -0.478 e. The van der Waals surface area contributed by atoms with Crippen LogP contribution in [0.5, 0.6) is 0 Å². The predicted octanol–water partition coefficient (Wildman–Crippen LogP) is 2.64. The standard InChI is InChI=1S/C13H9IN2O3/c14-10-4-2-1-3-9(10)12(17)16-11-7-8(13(18)19)5-6-15-11/h1-7H,(H,18,19)(H,15,16,17). The topological polar surface area (TPSA) is 79.3 Å². The third-order valence-corrected chi connectivity index (χ3v) is 3.31. The molecule has 0 saturated heterocycles. The Morgan fingerprint density at radius 3 is 2.63 bits per heavy atom. The number of carbonyl (C=O) groups excluding carboxylic acids is 1. The number of carboxylic acids is 1. The molecule has 1 amide bonds. The number of pyridine rings is 1. The Kier molecular flexibility index (Phi) is 4.10. The molecule has 2 N–H and O–H groups in total. The van der Waals surface area contributed by atoms with Gasteiger partial charge in [-0.3, -0.25) is 4.79 Å². The quantitative estimate of drug-likeness (QED) is 0.817. The highest BCUT2D eigenvalue weighted by Gasteiger charge is 2.11. The Morgan fingerprint density at radius 1 is 1.21 bits per heavy atom. The van der Waals surface area contributed by atoms with Crippen molar-refractivity contribution in [3.05, 3.63) is 57.3 Å². The fourth-order valence-electron chi connectivity index (χ4n) is 1.46. The van der Waals surface area contributed by atoms with Gasteiger partial charge in [-0.1, -0.05) is 12.1 Å². The number of halogens is 1. The molecule has 0 atom stereocenters. The van der Waals surface area contributed by atoms with Crippen LogP contribution in [0.1, 0.15) is 20.7 Å². The highest BCUT2D eigenvalue weighted by atomic mass is 127. The minimum atomic E-state index is -1.06. The van der Waals surface area contributed by atoms with Crippen molar-refractivity contribution in [2.24, 2.45) is 0 Å². The molecule has 0 aliphatic carbocycles. The SMILES string of the molecule is O=C(O)c1ccnc(NC(=O)c2ccccc2I)c1. The number of carbonyl (C=O) groups is 2. The number of aromatic carboxylic acids is 1.